The van der Waals surface area contributed by atoms with Gasteiger partial charge in [0.15, 0.2) is 0 Å². The van der Waals surface area contributed by atoms with Gasteiger partial charge in [-0.15, -0.1) is 0 Å². The Morgan fingerprint density at radius 3 is 1.91 bits per heavy atom. The van der Waals surface area contributed by atoms with Crippen LogP contribution in [-0.2, 0) is 21.8 Å². The van der Waals surface area contributed by atoms with Crippen LogP contribution in [0.25, 0.3) is 5.76 Å². The maximum absolute atomic E-state index is 12.7. The molecule has 0 fully saturated rings. The van der Waals surface area contributed by atoms with E-state index in [9.17, 15) is 9.90 Å². The molecular formula is C24H29Cl3NO3V. The number of hydrogen-bond acceptors (Lipinski definition) is 4. The van der Waals surface area contributed by atoms with Gasteiger partial charge < -0.3 is 9.84 Å². The van der Waals surface area contributed by atoms with Gasteiger partial charge in [-0.25, -0.2) is 4.79 Å². The number of carbonyl (C=O) groups is 1. The summed E-state index contributed by atoms with van der Waals surface area (Å²) in [5, 5.41) is 11.1. The number of benzene rings is 2. The number of para-hydroxylation sites is 1. The molecule has 0 saturated heterocycles. The van der Waals surface area contributed by atoms with Crippen LogP contribution >= 0.6 is 29.5 Å². The molecule has 174 valence electrons. The standard InChI is InChI=1S/C24H29NO3.3ClH.V/c1-8-28-24(27)21(19(7)25-22-15(3)10-9-11-16(22)4)23(26)20-17(5)12-14(2)13-18(20)6;;;;/h9-13,26H,8H2,1-7H3;3*1H;/q;;;;+3/p-3/b23-21+,25-19?;;;;. The maximum atomic E-state index is 12.7. The van der Waals surface area contributed by atoms with Crippen LogP contribution in [0.4, 0.5) is 5.69 Å². The monoisotopic (exact) mass is 535 g/mol. The zero-order valence-corrected chi connectivity index (χ0v) is 23.1. The molecule has 8 heteroatoms. The summed E-state index contributed by atoms with van der Waals surface area (Å²) in [6, 6.07) is 9.89. The van der Waals surface area contributed by atoms with Gasteiger partial charge in [0.25, 0.3) is 0 Å². The van der Waals surface area contributed by atoms with Crippen molar-refractivity contribution >= 4 is 52.7 Å². The summed E-state index contributed by atoms with van der Waals surface area (Å²) < 4.78 is 5.23. The van der Waals surface area contributed by atoms with Crippen molar-refractivity contribution in [3.05, 3.63) is 69.3 Å². The van der Waals surface area contributed by atoms with Gasteiger partial charge >= 0.3 is 47.8 Å². The Kier molecular flexibility index (Phi) is 11.9. The summed E-state index contributed by atoms with van der Waals surface area (Å²) in [6.07, 6.45) is 0. The fourth-order valence-corrected chi connectivity index (χ4v) is 3.50. The van der Waals surface area contributed by atoms with Gasteiger partial charge in [-0.2, -0.15) is 0 Å². The van der Waals surface area contributed by atoms with Gasteiger partial charge in [0.05, 0.1) is 18.0 Å². The van der Waals surface area contributed by atoms with Gasteiger partial charge in [0, 0.05) is 5.56 Å². The average Bonchev–Trinajstić information content (AvgIpc) is 2.64. The number of halogens is 3. The molecule has 0 atom stereocenters. The van der Waals surface area contributed by atoms with E-state index in [4.69, 9.17) is 34.3 Å². The molecule has 4 nitrogen and oxygen atoms in total. The Morgan fingerprint density at radius 1 is 1.00 bits per heavy atom. The molecule has 0 amide bonds. The van der Waals surface area contributed by atoms with E-state index >= 15 is 0 Å². The molecule has 2 aromatic carbocycles. The van der Waals surface area contributed by atoms with E-state index in [0.29, 0.717) is 11.3 Å². The summed E-state index contributed by atoms with van der Waals surface area (Å²) in [5.74, 6) is -0.673. The number of aliphatic hydroxyl groups excluding tert-OH is 1. The topological polar surface area (TPSA) is 58.9 Å². The second kappa shape index (κ2) is 13.3. The van der Waals surface area contributed by atoms with Crippen LogP contribution in [0.5, 0.6) is 0 Å². The van der Waals surface area contributed by atoms with Crippen molar-refractivity contribution in [3.8, 4) is 0 Å². The van der Waals surface area contributed by atoms with Crippen LogP contribution in [-0.4, -0.2) is 23.4 Å². The summed E-state index contributed by atoms with van der Waals surface area (Å²) in [7, 11) is 14.9. The number of aryl methyl sites for hydroxylation is 5. The number of hydrogen-bond donors (Lipinski definition) is 1. The molecule has 0 aliphatic carbocycles. The van der Waals surface area contributed by atoms with E-state index in [1.165, 1.54) is 0 Å². The zero-order chi connectivity index (χ0) is 24.6. The predicted molar refractivity (Wildman–Crippen MR) is 133 cm³/mol. The molecule has 0 unspecified atom stereocenters. The predicted octanol–water partition coefficient (Wildman–Crippen LogP) is 7.92. The molecule has 0 aromatic heterocycles. The van der Waals surface area contributed by atoms with Crippen LogP contribution in [0.3, 0.4) is 0 Å². The minimum absolute atomic E-state index is 0.0964. The fraction of sp³-hybridized carbons (Fsp3) is 0.333. The van der Waals surface area contributed by atoms with Crippen molar-refractivity contribution in [3.63, 3.8) is 0 Å². The Hall–Kier alpha value is -1.43. The number of carbonyl (C=O) groups excluding carboxylic acids is 1. The van der Waals surface area contributed by atoms with E-state index in [0.717, 1.165) is 33.5 Å². The van der Waals surface area contributed by atoms with E-state index < -0.39 is 18.3 Å². The first-order valence-electron chi connectivity index (χ1n) is 9.98. The molecule has 0 radical (unpaired) electrons. The Morgan fingerprint density at radius 2 is 1.47 bits per heavy atom. The first kappa shape index (κ1) is 28.6. The van der Waals surface area contributed by atoms with Crippen LogP contribution in [0.2, 0.25) is 0 Å². The van der Waals surface area contributed by atoms with Gasteiger partial charge in [-0.05, 0) is 70.7 Å². The van der Waals surface area contributed by atoms with Crippen molar-refractivity contribution in [1.29, 1.82) is 0 Å². The van der Waals surface area contributed by atoms with Crippen molar-refractivity contribution in [1.82, 2.24) is 0 Å². The summed E-state index contributed by atoms with van der Waals surface area (Å²) >= 11 is -1.77. The molecule has 2 aromatic rings. The average molecular weight is 537 g/mol. The minimum atomic E-state index is -1.77. The van der Waals surface area contributed by atoms with Crippen molar-refractivity contribution in [2.75, 3.05) is 6.61 Å². The molecule has 0 bridgehead atoms. The SMILES string of the molecule is CCOC(=O)/C(C(C)=Nc1c(C)cccc1C)=C(/O)c1c(C)cc(C)cc1C.[Cl][V]([Cl])[Cl]. The molecule has 0 saturated carbocycles. The van der Waals surface area contributed by atoms with Gasteiger partial charge in [-0.1, -0.05) is 35.9 Å². The second-order valence-electron chi connectivity index (χ2n) is 7.35. The Labute approximate surface area is 208 Å². The summed E-state index contributed by atoms with van der Waals surface area (Å²) in [5.41, 5.74) is 6.87. The Bertz CT molecular complexity index is 987. The Balaban J connectivity index is 0.00000118. The number of aliphatic hydroxyl groups is 1. The molecular weight excluding hydrogens is 508 g/mol. The molecule has 2 rings (SSSR count). The van der Waals surface area contributed by atoms with Gasteiger partial charge in [-0.3, -0.25) is 4.99 Å². The number of rotatable bonds is 5. The second-order valence-corrected chi connectivity index (χ2v) is 14.3. The van der Waals surface area contributed by atoms with Crippen molar-refractivity contribution in [2.24, 2.45) is 4.99 Å². The van der Waals surface area contributed by atoms with Crippen molar-refractivity contribution < 1.29 is 26.9 Å². The van der Waals surface area contributed by atoms with Gasteiger partial charge in [0.2, 0.25) is 0 Å². The van der Waals surface area contributed by atoms with Crippen LogP contribution < -0.4 is 0 Å². The number of nitrogens with zero attached hydrogens (tertiary/aromatic N) is 1. The van der Waals surface area contributed by atoms with Crippen LogP contribution in [0.1, 0.15) is 47.2 Å². The molecule has 0 heterocycles. The molecule has 0 aliphatic rings. The normalized spacial score (nSPS) is 12.2. The molecule has 0 aliphatic heterocycles. The van der Waals surface area contributed by atoms with E-state index in [1.807, 2.05) is 65.0 Å². The number of ether oxygens (including phenoxy) is 1. The summed E-state index contributed by atoms with van der Waals surface area (Å²) in [4.78, 5) is 17.4. The third kappa shape index (κ3) is 8.17. The number of aliphatic imine (C=N–C) groups is 1. The van der Waals surface area contributed by atoms with Crippen LogP contribution in [0, 0.1) is 34.6 Å². The van der Waals surface area contributed by atoms with E-state index in [-0.39, 0.29) is 17.9 Å². The third-order valence-electron chi connectivity index (χ3n) is 4.71. The fourth-order valence-electron chi connectivity index (χ4n) is 3.50. The first-order valence-corrected chi connectivity index (χ1v) is 15.7. The first-order chi connectivity index (χ1) is 14.9. The number of esters is 1. The van der Waals surface area contributed by atoms with E-state index in [1.54, 1.807) is 13.8 Å². The third-order valence-corrected chi connectivity index (χ3v) is 4.71. The molecule has 1 N–H and O–H groups in total. The molecule has 0 spiro atoms. The van der Waals surface area contributed by atoms with Crippen molar-refractivity contribution in [2.45, 2.75) is 48.5 Å². The quantitative estimate of drug-likeness (QED) is 0.183. The molecule has 32 heavy (non-hydrogen) atoms. The summed E-state index contributed by atoms with van der Waals surface area (Å²) in [6.45, 7) is 13.5. The van der Waals surface area contributed by atoms with Crippen LogP contribution in [0.15, 0.2) is 40.9 Å². The van der Waals surface area contributed by atoms with Gasteiger partial charge in [0.1, 0.15) is 11.3 Å². The zero-order valence-electron chi connectivity index (χ0n) is 19.4. The van der Waals surface area contributed by atoms with E-state index in [2.05, 4.69) is 4.99 Å².